The summed E-state index contributed by atoms with van der Waals surface area (Å²) in [6.45, 7) is 11.8. The minimum atomic E-state index is 0.695. The Hall–Kier alpha value is -0.0400. The molecule has 0 heterocycles. The Morgan fingerprint density at radius 3 is 2.17 bits per heavy atom. The summed E-state index contributed by atoms with van der Waals surface area (Å²) in [7, 11) is 0. The molecule has 1 aliphatic rings. The number of hydrogen-bond acceptors (Lipinski definition) is 1. The van der Waals surface area contributed by atoms with Gasteiger partial charge in [-0.2, -0.15) is 0 Å². The van der Waals surface area contributed by atoms with Gasteiger partial charge in [-0.05, 0) is 43.9 Å². The van der Waals surface area contributed by atoms with Crippen molar-refractivity contribution >= 4 is 0 Å². The van der Waals surface area contributed by atoms with Crippen molar-refractivity contribution in [2.24, 2.45) is 17.8 Å². The summed E-state index contributed by atoms with van der Waals surface area (Å²) in [4.78, 5) is 0. The van der Waals surface area contributed by atoms with Crippen LogP contribution in [0.2, 0.25) is 0 Å². The summed E-state index contributed by atoms with van der Waals surface area (Å²) in [5, 5.41) is 3.92. The van der Waals surface area contributed by atoms with Gasteiger partial charge in [-0.1, -0.05) is 53.4 Å². The lowest BCUT2D eigenvalue weighted by molar-refractivity contribution is 0.299. The third-order valence-corrected chi connectivity index (χ3v) is 5.21. The van der Waals surface area contributed by atoms with E-state index >= 15 is 0 Å². The second kappa shape index (κ2) is 8.19. The molecule has 0 bridgehead atoms. The summed E-state index contributed by atoms with van der Waals surface area (Å²) in [6.07, 6.45) is 9.73. The van der Waals surface area contributed by atoms with E-state index in [0.717, 1.165) is 23.8 Å². The Morgan fingerprint density at radius 1 is 0.944 bits per heavy atom. The van der Waals surface area contributed by atoms with E-state index < -0.39 is 0 Å². The first-order chi connectivity index (χ1) is 8.58. The molecule has 0 aromatic carbocycles. The van der Waals surface area contributed by atoms with Crippen LogP contribution in [0.25, 0.3) is 0 Å². The highest BCUT2D eigenvalue weighted by molar-refractivity contribution is 4.80. The summed E-state index contributed by atoms with van der Waals surface area (Å²) < 4.78 is 0. The molecule has 0 amide bonds. The fourth-order valence-corrected chi connectivity index (χ4v) is 3.67. The highest BCUT2D eigenvalue weighted by atomic mass is 14.9. The number of rotatable bonds is 6. The van der Waals surface area contributed by atoms with Crippen LogP contribution in [-0.4, -0.2) is 12.1 Å². The maximum Gasteiger partial charge on any atom is 0.00697 e. The number of nitrogens with one attached hydrogen (secondary N) is 1. The zero-order valence-electron chi connectivity index (χ0n) is 13.3. The normalized spacial score (nSPS) is 27.5. The van der Waals surface area contributed by atoms with Crippen molar-refractivity contribution < 1.29 is 0 Å². The van der Waals surface area contributed by atoms with Crippen LogP contribution in [0.3, 0.4) is 0 Å². The van der Waals surface area contributed by atoms with Crippen molar-refractivity contribution in [2.45, 2.75) is 91.6 Å². The second-order valence-corrected chi connectivity index (χ2v) is 6.74. The van der Waals surface area contributed by atoms with Gasteiger partial charge >= 0.3 is 0 Å². The van der Waals surface area contributed by atoms with Crippen LogP contribution in [0.5, 0.6) is 0 Å². The number of hydrogen-bond donors (Lipinski definition) is 1. The molecule has 0 saturated heterocycles. The fraction of sp³-hybridized carbons (Fsp3) is 1.00. The van der Waals surface area contributed by atoms with Crippen molar-refractivity contribution in [1.82, 2.24) is 5.32 Å². The van der Waals surface area contributed by atoms with Crippen LogP contribution < -0.4 is 5.32 Å². The molecule has 3 unspecified atom stereocenters. The topological polar surface area (TPSA) is 12.0 Å². The van der Waals surface area contributed by atoms with Gasteiger partial charge in [0.2, 0.25) is 0 Å². The van der Waals surface area contributed by atoms with E-state index in [0.29, 0.717) is 6.04 Å². The Balaban J connectivity index is 2.39. The van der Waals surface area contributed by atoms with Gasteiger partial charge in [-0.15, -0.1) is 0 Å². The predicted octanol–water partition coefficient (Wildman–Crippen LogP) is 5.01. The molecule has 18 heavy (non-hydrogen) atoms. The lowest BCUT2D eigenvalue weighted by Crippen LogP contribution is -2.40. The van der Waals surface area contributed by atoms with Gasteiger partial charge in [0.15, 0.2) is 0 Å². The molecule has 0 aromatic heterocycles. The Kier molecular flexibility index (Phi) is 7.29. The molecule has 1 aliphatic carbocycles. The maximum absolute atomic E-state index is 3.92. The van der Waals surface area contributed by atoms with Crippen molar-refractivity contribution in [1.29, 1.82) is 0 Å². The molecule has 0 aromatic rings. The summed E-state index contributed by atoms with van der Waals surface area (Å²) in [6, 6.07) is 1.48. The van der Waals surface area contributed by atoms with Crippen LogP contribution in [0.15, 0.2) is 0 Å². The van der Waals surface area contributed by atoms with Crippen molar-refractivity contribution in [3.63, 3.8) is 0 Å². The molecule has 0 radical (unpaired) electrons. The van der Waals surface area contributed by atoms with Crippen LogP contribution in [0, 0.1) is 17.8 Å². The molecule has 0 spiro atoms. The molecule has 1 fully saturated rings. The maximum atomic E-state index is 3.92. The molecule has 1 saturated carbocycles. The average molecular weight is 253 g/mol. The monoisotopic (exact) mass is 253 g/mol. The molecular formula is C17H35N. The Morgan fingerprint density at radius 2 is 1.61 bits per heavy atom. The van der Waals surface area contributed by atoms with Crippen molar-refractivity contribution in [3.05, 3.63) is 0 Å². The smallest absolute Gasteiger partial charge is 0.00697 e. The second-order valence-electron chi connectivity index (χ2n) is 6.74. The third-order valence-electron chi connectivity index (χ3n) is 5.21. The SMILES string of the molecule is CCC(CC)C(C)NC1CCCC(C(C)C)CC1. The van der Waals surface area contributed by atoms with Crippen LogP contribution >= 0.6 is 0 Å². The standard InChI is InChI=1S/C17H35N/c1-6-15(7-2)14(5)18-17-10-8-9-16(11-12-17)13(3)4/h13-18H,6-12H2,1-5H3. The average Bonchev–Trinajstić information content (AvgIpc) is 2.56. The Bertz CT molecular complexity index is 208. The fourth-order valence-electron chi connectivity index (χ4n) is 3.67. The van der Waals surface area contributed by atoms with Gasteiger partial charge in [0.25, 0.3) is 0 Å². The van der Waals surface area contributed by atoms with E-state index in [4.69, 9.17) is 0 Å². The quantitative estimate of drug-likeness (QED) is 0.656. The molecule has 1 N–H and O–H groups in total. The van der Waals surface area contributed by atoms with E-state index in [1.54, 1.807) is 0 Å². The largest absolute Gasteiger partial charge is 0.311 e. The van der Waals surface area contributed by atoms with E-state index in [1.807, 2.05) is 0 Å². The highest BCUT2D eigenvalue weighted by Gasteiger charge is 2.23. The van der Waals surface area contributed by atoms with E-state index in [1.165, 1.54) is 44.9 Å². The van der Waals surface area contributed by atoms with Crippen LogP contribution in [0.4, 0.5) is 0 Å². The van der Waals surface area contributed by atoms with E-state index in [-0.39, 0.29) is 0 Å². The highest BCUT2D eigenvalue weighted by Crippen LogP contribution is 2.29. The molecule has 108 valence electrons. The van der Waals surface area contributed by atoms with E-state index in [2.05, 4.69) is 39.9 Å². The minimum Gasteiger partial charge on any atom is -0.311 e. The summed E-state index contributed by atoms with van der Waals surface area (Å²) in [5.41, 5.74) is 0. The zero-order valence-corrected chi connectivity index (χ0v) is 13.3. The predicted molar refractivity (Wildman–Crippen MR) is 81.9 cm³/mol. The van der Waals surface area contributed by atoms with Gasteiger partial charge in [0, 0.05) is 12.1 Å². The first kappa shape index (κ1) is 16.0. The molecule has 0 aliphatic heterocycles. The summed E-state index contributed by atoms with van der Waals surface area (Å²) >= 11 is 0. The molecule has 1 heteroatoms. The zero-order chi connectivity index (χ0) is 13.5. The van der Waals surface area contributed by atoms with Crippen molar-refractivity contribution in [3.8, 4) is 0 Å². The van der Waals surface area contributed by atoms with Gasteiger partial charge in [0.05, 0.1) is 0 Å². The third kappa shape index (κ3) is 4.91. The lowest BCUT2D eigenvalue weighted by atomic mass is 9.89. The first-order valence-electron chi connectivity index (χ1n) is 8.34. The van der Waals surface area contributed by atoms with E-state index in [9.17, 15) is 0 Å². The lowest BCUT2D eigenvalue weighted by Gasteiger charge is -2.28. The van der Waals surface area contributed by atoms with Crippen LogP contribution in [0.1, 0.15) is 79.6 Å². The minimum absolute atomic E-state index is 0.695. The van der Waals surface area contributed by atoms with Gasteiger partial charge in [0.1, 0.15) is 0 Å². The molecule has 1 rings (SSSR count). The first-order valence-corrected chi connectivity index (χ1v) is 8.34. The van der Waals surface area contributed by atoms with Gasteiger partial charge < -0.3 is 5.32 Å². The molecule has 1 nitrogen and oxygen atoms in total. The van der Waals surface area contributed by atoms with Gasteiger partial charge in [-0.25, -0.2) is 0 Å². The molecule has 3 atom stereocenters. The Labute approximate surface area is 115 Å². The molecular weight excluding hydrogens is 218 g/mol. The van der Waals surface area contributed by atoms with Gasteiger partial charge in [-0.3, -0.25) is 0 Å². The van der Waals surface area contributed by atoms with Crippen molar-refractivity contribution in [2.75, 3.05) is 0 Å². The van der Waals surface area contributed by atoms with Crippen LogP contribution in [-0.2, 0) is 0 Å². The summed E-state index contributed by atoms with van der Waals surface area (Å²) in [5.74, 6) is 2.70.